The van der Waals surface area contributed by atoms with E-state index in [1.807, 2.05) is 26.1 Å². The van der Waals surface area contributed by atoms with Gasteiger partial charge in [0.1, 0.15) is 5.82 Å². The molecule has 0 saturated carbocycles. The van der Waals surface area contributed by atoms with Gasteiger partial charge in [-0.05, 0) is 42.3 Å². The largest absolute Gasteiger partial charge is 0.355 e. The van der Waals surface area contributed by atoms with E-state index in [1.54, 1.807) is 0 Å². The fourth-order valence-corrected chi connectivity index (χ4v) is 2.24. The normalized spacial score (nSPS) is 10.5. The fourth-order valence-electron chi connectivity index (χ4n) is 1.98. The highest BCUT2D eigenvalue weighted by atomic mass is 79.9. The van der Waals surface area contributed by atoms with E-state index in [0.717, 1.165) is 28.1 Å². The third-order valence-electron chi connectivity index (χ3n) is 2.96. The quantitative estimate of drug-likeness (QED) is 0.940. The molecule has 0 unspecified atom stereocenters. The van der Waals surface area contributed by atoms with Gasteiger partial charge in [0.25, 0.3) is 0 Å². The average molecular weight is 320 g/mol. The molecule has 2 N–H and O–H groups in total. The van der Waals surface area contributed by atoms with Crippen LogP contribution < -0.4 is 10.6 Å². The van der Waals surface area contributed by atoms with Gasteiger partial charge < -0.3 is 10.6 Å². The Morgan fingerprint density at radius 3 is 2.47 bits per heavy atom. The Kier molecular flexibility index (Phi) is 4.56. The van der Waals surface area contributed by atoms with E-state index in [4.69, 9.17) is 5.73 Å². The van der Waals surface area contributed by atoms with Gasteiger partial charge in [0.05, 0.1) is 0 Å². The molecule has 0 atom stereocenters. The van der Waals surface area contributed by atoms with Crippen molar-refractivity contribution in [2.24, 2.45) is 5.73 Å². The lowest BCUT2D eigenvalue weighted by molar-refractivity contribution is 0.885. The number of benzene rings is 1. The monoisotopic (exact) mass is 319 g/mol. The van der Waals surface area contributed by atoms with Crippen LogP contribution in [0, 0.1) is 6.92 Å². The van der Waals surface area contributed by atoms with Crippen LogP contribution in [0.3, 0.4) is 0 Å². The van der Waals surface area contributed by atoms with Gasteiger partial charge in [0.15, 0.2) is 0 Å². The van der Waals surface area contributed by atoms with E-state index in [1.165, 1.54) is 5.56 Å². The molecular formula is C15H18BrN3. The summed E-state index contributed by atoms with van der Waals surface area (Å²) in [5.41, 5.74) is 9.07. The van der Waals surface area contributed by atoms with E-state index in [2.05, 4.69) is 50.1 Å². The zero-order chi connectivity index (χ0) is 13.8. The number of anilines is 1. The number of rotatable bonds is 4. The Morgan fingerprint density at radius 2 is 1.84 bits per heavy atom. The molecular weight excluding hydrogens is 302 g/mol. The highest BCUT2D eigenvalue weighted by Gasteiger charge is 2.06. The third-order valence-corrected chi connectivity index (χ3v) is 3.49. The average Bonchev–Trinajstić information content (AvgIpc) is 2.40. The van der Waals surface area contributed by atoms with Crippen LogP contribution in [0.5, 0.6) is 0 Å². The van der Waals surface area contributed by atoms with Gasteiger partial charge in [0, 0.05) is 30.3 Å². The Morgan fingerprint density at radius 1 is 1.16 bits per heavy atom. The van der Waals surface area contributed by atoms with Gasteiger partial charge in [0.2, 0.25) is 0 Å². The van der Waals surface area contributed by atoms with E-state index in [-0.39, 0.29) is 0 Å². The van der Waals surface area contributed by atoms with Gasteiger partial charge in [-0.1, -0.05) is 28.1 Å². The van der Waals surface area contributed by atoms with E-state index in [9.17, 15) is 0 Å². The van der Waals surface area contributed by atoms with Crippen molar-refractivity contribution in [3.8, 4) is 0 Å². The zero-order valence-corrected chi connectivity index (χ0v) is 12.8. The maximum atomic E-state index is 5.71. The molecule has 0 bridgehead atoms. The molecule has 0 aliphatic heterocycles. The Balaban J connectivity index is 2.17. The van der Waals surface area contributed by atoms with Gasteiger partial charge in [-0.3, -0.25) is 0 Å². The van der Waals surface area contributed by atoms with E-state index >= 15 is 0 Å². The van der Waals surface area contributed by atoms with Gasteiger partial charge in [-0.2, -0.15) is 0 Å². The molecule has 1 heterocycles. The minimum absolute atomic E-state index is 0.544. The second-order valence-electron chi connectivity index (χ2n) is 4.66. The Labute approximate surface area is 122 Å². The summed E-state index contributed by atoms with van der Waals surface area (Å²) in [5.74, 6) is 0.961. The van der Waals surface area contributed by atoms with Crippen molar-refractivity contribution in [2.45, 2.75) is 20.0 Å². The highest BCUT2D eigenvalue weighted by molar-refractivity contribution is 9.10. The van der Waals surface area contributed by atoms with Crippen molar-refractivity contribution in [2.75, 3.05) is 11.9 Å². The van der Waals surface area contributed by atoms with Gasteiger partial charge in [-0.15, -0.1) is 0 Å². The van der Waals surface area contributed by atoms with Gasteiger partial charge >= 0.3 is 0 Å². The summed E-state index contributed by atoms with van der Waals surface area (Å²) in [6.07, 6.45) is 0. The second-order valence-corrected chi connectivity index (χ2v) is 5.58. The number of pyridine rings is 1. The van der Waals surface area contributed by atoms with E-state index < -0.39 is 0 Å². The summed E-state index contributed by atoms with van der Waals surface area (Å²) in [4.78, 5) is 6.69. The number of nitrogens with two attached hydrogens (primary N) is 1. The first-order chi connectivity index (χ1) is 9.08. The summed E-state index contributed by atoms with van der Waals surface area (Å²) < 4.78 is 1.10. The lowest BCUT2D eigenvalue weighted by atomic mass is 10.2. The first-order valence-electron chi connectivity index (χ1n) is 6.21. The lowest BCUT2D eigenvalue weighted by Gasteiger charge is -2.19. The molecule has 2 rings (SSSR count). The third kappa shape index (κ3) is 3.78. The molecule has 3 nitrogen and oxygen atoms in total. The van der Waals surface area contributed by atoms with Crippen LogP contribution >= 0.6 is 15.9 Å². The molecule has 0 fully saturated rings. The SMILES string of the molecule is Cc1cc(CN)cc(N(C)Cc2ccc(Br)cc2)n1. The van der Waals surface area contributed by atoms with Crippen molar-refractivity contribution in [1.82, 2.24) is 4.98 Å². The van der Waals surface area contributed by atoms with Crippen LogP contribution in [-0.2, 0) is 13.1 Å². The second kappa shape index (κ2) is 6.17. The standard InChI is InChI=1S/C15H18BrN3/c1-11-7-13(9-17)8-15(18-11)19(2)10-12-3-5-14(16)6-4-12/h3-8H,9-10,17H2,1-2H3. The van der Waals surface area contributed by atoms with E-state index in [0.29, 0.717) is 6.54 Å². The van der Waals surface area contributed by atoms with Crippen LogP contribution in [0.4, 0.5) is 5.82 Å². The first-order valence-corrected chi connectivity index (χ1v) is 7.01. The van der Waals surface area contributed by atoms with Crippen molar-refractivity contribution < 1.29 is 0 Å². The molecule has 1 aromatic carbocycles. The first kappa shape index (κ1) is 14.0. The topological polar surface area (TPSA) is 42.1 Å². The van der Waals surface area contributed by atoms with Crippen molar-refractivity contribution >= 4 is 21.7 Å². The summed E-state index contributed by atoms with van der Waals surface area (Å²) in [7, 11) is 2.05. The molecule has 19 heavy (non-hydrogen) atoms. The zero-order valence-electron chi connectivity index (χ0n) is 11.2. The van der Waals surface area contributed by atoms with Crippen LogP contribution in [0.25, 0.3) is 0 Å². The molecule has 2 aromatic rings. The molecule has 0 aliphatic carbocycles. The lowest BCUT2D eigenvalue weighted by Crippen LogP contribution is -2.18. The van der Waals surface area contributed by atoms with Crippen LogP contribution in [0.2, 0.25) is 0 Å². The molecule has 100 valence electrons. The summed E-state index contributed by atoms with van der Waals surface area (Å²) in [6.45, 7) is 3.37. The Hall–Kier alpha value is -1.39. The molecule has 0 radical (unpaired) electrons. The number of hydrogen-bond acceptors (Lipinski definition) is 3. The number of halogens is 1. The minimum Gasteiger partial charge on any atom is -0.355 e. The maximum absolute atomic E-state index is 5.71. The molecule has 0 spiro atoms. The highest BCUT2D eigenvalue weighted by Crippen LogP contribution is 2.17. The summed E-state index contributed by atoms with van der Waals surface area (Å²) >= 11 is 3.45. The Bertz CT molecular complexity index is 552. The van der Waals surface area contributed by atoms with Crippen LogP contribution in [0.1, 0.15) is 16.8 Å². The van der Waals surface area contributed by atoms with Crippen LogP contribution in [0.15, 0.2) is 40.9 Å². The molecule has 4 heteroatoms. The molecule has 0 amide bonds. The number of nitrogens with zero attached hydrogens (tertiary/aromatic N) is 2. The van der Waals surface area contributed by atoms with Crippen LogP contribution in [-0.4, -0.2) is 12.0 Å². The maximum Gasteiger partial charge on any atom is 0.129 e. The summed E-state index contributed by atoms with van der Waals surface area (Å²) in [5, 5.41) is 0. The fraction of sp³-hybridized carbons (Fsp3) is 0.267. The smallest absolute Gasteiger partial charge is 0.129 e. The minimum atomic E-state index is 0.544. The van der Waals surface area contributed by atoms with Crippen molar-refractivity contribution in [1.29, 1.82) is 0 Å². The predicted molar refractivity (Wildman–Crippen MR) is 83.1 cm³/mol. The summed E-state index contributed by atoms with van der Waals surface area (Å²) in [6, 6.07) is 12.4. The molecule has 0 saturated heterocycles. The van der Waals surface area contributed by atoms with Crippen molar-refractivity contribution in [3.05, 3.63) is 57.7 Å². The molecule has 0 aliphatic rings. The number of hydrogen-bond donors (Lipinski definition) is 1. The van der Waals surface area contributed by atoms with Gasteiger partial charge in [-0.25, -0.2) is 4.98 Å². The predicted octanol–water partition coefficient (Wildman–Crippen LogP) is 3.25. The number of aryl methyl sites for hydroxylation is 1. The number of aromatic nitrogens is 1. The van der Waals surface area contributed by atoms with Crippen molar-refractivity contribution in [3.63, 3.8) is 0 Å². The molecule has 1 aromatic heterocycles.